The minimum atomic E-state index is -0.660. The normalized spacial score (nSPS) is 11.7. The van der Waals surface area contributed by atoms with Crippen molar-refractivity contribution in [2.24, 2.45) is 0 Å². The summed E-state index contributed by atoms with van der Waals surface area (Å²) in [5.41, 5.74) is 1.95. The van der Waals surface area contributed by atoms with E-state index in [1.807, 2.05) is 66.7 Å². The maximum atomic E-state index is 13.0. The molecule has 0 radical (unpaired) electrons. The lowest BCUT2D eigenvalue weighted by Crippen LogP contribution is -2.15. The summed E-state index contributed by atoms with van der Waals surface area (Å²) in [7, 11) is 1.27. The molecule has 3 aromatic carbocycles. The zero-order chi connectivity index (χ0) is 18.8. The zero-order valence-electron chi connectivity index (χ0n) is 14.7. The van der Waals surface area contributed by atoms with E-state index < -0.39 is 11.8 Å². The number of H-pyrrole nitrogens is 1. The van der Waals surface area contributed by atoms with Crippen LogP contribution in [0.1, 0.15) is 16.1 Å². The van der Waals surface area contributed by atoms with E-state index in [4.69, 9.17) is 4.74 Å². The molecule has 4 rings (SSSR count). The van der Waals surface area contributed by atoms with Crippen LogP contribution in [0.25, 0.3) is 27.8 Å². The number of benzene rings is 3. The van der Waals surface area contributed by atoms with E-state index in [0.29, 0.717) is 5.69 Å². The van der Waals surface area contributed by atoms with Gasteiger partial charge in [0, 0.05) is 10.9 Å². The number of para-hydroxylation sites is 1. The van der Waals surface area contributed by atoms with E-state index in [1.165, 1.54) is 7.11 Å². The van der Waals surface area contributed by atoms with Gasteiger partial charge in [-0.15, -0.1) is 0 Å². The van der Waals surface area contributed by atoms with Crippen LogP contribution >= 0.6 is 0 Å². The van der Waals surface area contributed by atoms with Crippen molar-refractivity contribution in [2.75, 3.05) is 7.11 Å². The van der Waals surface area contributed by atoms with Gasteiger partial charge in [0.1, 0.15) is 5.57 Å². The molecule has 4 heteroatoms. The van der Waals surface area contributed by atoms with Crippen LogP contribution in [0.15, 0.2) is 78.4 Å². The van der Waals surface area contributed by atoms with Crippen LogP contribution in [-0.4, -0.2) is 23.8 Å². The molecule has 0 aliphatic heterocycles. The fourth-order valence-electron chi connectivity index (χ4n) is 3.13. The van der Waals surface area contributed by atoms with Gasteiger partial charge in [-0.25, -0.2) is 4.79 Å². The average Bonchev–Trinajstić information content (AvgIpc) is 3.15. The number of aromatic nitrogens is 1. The van der Waals surface area contributed by atoms with Crippen molar-refractivity contribution < 1.29 is 14.3 Å². The summed E-state index contributed by atoms with van der Waals surface area (Å²) in [6.07, 6.45) is 1.58. The minimum Gasteiger partial charge on any atom is -0.465 e. The lowest BCUT2D eigenvalue weighted by atomic mass is 10.0. The lowest BCUT2D eigenvalue weighted by Gasteiger charge is -2.05. The highest BCUT2D eigenvalue weighted by Gasteiger charge is 2.22. The predicted molar refractivity (Wildman–Crippen MR) is 107 cm³/mol. The summed E-state index contributed by atoms with van der Waals surface area (Å²) in [5, 5.41) is 3.04. The molecule has 0 amide bonds. The van der Waals surface area contributed by atoms with E-state index in [-0.39, 0.29) is 5.57 Å². The first-order valence-corrected chi connectivity index (χ1v) is 8.57. The molecule has 0 atom stereocenters. The number of rotatable bonds is 4. The van der Waals surface area contributed by atoms with Gasteiger partial charge < -0.3 is 9.72 Å². The number of hydrogen-bond donors (Lipinski definition) is 1. The largest absolute Gasteiger partial charge is 0.465 e. The van der Waals surface area contributed by atoms with Gasteiger partial charge >= 0.3 is 5.97 Å². The van der Waals surface area contributed by atoms with E-state index in [0.717, 1.165) is 27.2 Å². The molecule has 0 saturated carbocycles. The quantitative estimate of drug-likeness (QED) is 0.189. The van der Waals surface area contributed by atoms with Gasteiger partial charge in [-0.1, -0.05) is 54.6 Å². The first kappa shape index (κ1) is 16.8. The predicted octanol–water partition coefficient (Wildman–Crippen LogP) is 4.76. The second kappa shape index (κ2) is 6.92. The van der Waals surface area contributed by atoms with Crippen LogP contribution in [0, 0.1) is 0 Å². The summed E-state index contributed by atoms with van der Waals surface area (Å²) in [6, 6.07) is 23.0. The van der Waals surface area contributed by atoms with Gasteiger partial charge in [0.15, 0.2) is 0 Å². The van der Waals surface area contributed by atoms with Crippen molar-refractivity contribution in [3.63, 3.8) is 0 Å². The van der Waals surface area contributed by atoms with Gasteiger partial charge in [0.05, 0.1) is 12.8 Å². The van der Waals surface area contributed by atoms with Crippen molar-refractivity contribution in [1.82, 2.24) is 4.98 Å². The van der Waals surface area contributed by atoms with Crippen molar-refractivity contribution in [3.8, 4) is 0 Å². The van der Waals surface area contributed by atoms with Crippen LogP contribution in [0.3, 0.4) is 0 Å². The number of fused-ring (bicyclic) bond motifs is 2. The van der Waals surface area contributed by atoms with Crippen molar-refractivity contribution >= 4 is 39.5 Å². The SMILES string of the molecule is COC(=O)/C(=C\c1ccc2ccccc2c1)C(=O)c1cc2ccccc2[nH]1. The fraction of sp³-hybridized carbons (Fsp3) is 0.0435. The standard InChI is InChI=1S/C23H17NO3/c1-27-23(26)19(13-15-10-11-16-6-2-3-7-17(16)12-15)22(25)21-14-18-8-4-5-9-20(18)24-21/h2-14,24H,1H3/b19-13-. The number of ether oxygens (including phenoxy) is 1. The third-order valence-electron chi connectivity index (χ3n) is 4.51. The molecule has 0 bridgehead atoms. The number of aromatic amines is 1. The van der Waals surface area contributed by atoms with E-state index in [9.17, 15) is 9.59 Å². The van der Waals surface area contributed by atoms with Crippen molar-refractivity contribution in [1.29, 1.82) is 0 Å². The number of methoxy groups -OCH3 is 1. The highest BCUT2D eigenvalue weighted by atomic mass is 16.5. The number of esters is 1. The van der Waals surface area contributed by atoms with Crippen molar-refractivity contribution in [3.05, 3.63) is 89.6 Å². The van der Waals surface area contributed by atoms with Gasteiger partial charge in [0.2, 0.25) is 5.78 Å². The number of nitrogens with one attached hydrogen (secondary N) is 1. The van der Waals surface area contributed by atoms with Crippen LogP contribution < -0.4 is 0 Å². The molecule has 132 valence electrons. The van der Waals surface area contributed by atoms with Crippen LogP contribution in [0.5, 0.6) is 0 Å². The molecule has 0 fully saturated rings. The maximum absolute atomic E-state index is 13.0. The van der Waals surface area contributed by atoms with Crippen LogP contribution in [0.4, 0.5) is 0 Å². The Morgan fingerprint density at radius 3 is 2.30 bits per heavy atom. The summed E-state index contributed by atoms with van der Waals surface area (Å²) in [4.78, 5) is 28.3. The monoisotopic (exact) mass is 355 g/mol. The molecule has 27 heavy (non-hydrogen) atoms. The number of hydrogen-bond acceptors (Lipinski definition) is 3. The molecule has 1 heterocycles. The van der Waals surface area contributed by atoms with Crippen molar-refractivity contribution in [2.45, 2.75) is 0 Å². The van der Waals surface area contributed by atoms with E-state index >= 15 is 0 Å². The van der Waals surface area contributed by atoms with Gasteiger partial charge in [-0.05, 0) is 40.6 Å². The maximum Gasteiger partial charge on any atom is 0.341 e. The van der Waals surface area contributed by atoms with Gasteiger partial charge in [-0.2, -0.15) is 0 Å². The molecule has 1 aromatic heterocycles. The first-order chi connectivity index (χ1) is 13.2. The van der Waals surface area contributed by atoms with Gasteiger partial charge in [0.25, 0.3) is 0 Å². The number of carbonyl (C=O) groups is 2. The summed E-state index contributed by atoms with van der Waals surface area (Å²) < 4.78 is 4.85. The molecule has 0 aliphatic rings. The molecular formula is C23H17NO3. The molecule has 0 spiro atoms. The lowest BCUT2D eigenvalue weighted by molar-refractivity contribution is -0.135. The number of Topliss-reactive ketones (excluding diaryl/α,β-unsaturated/α-hetero) is 1. The smallest absolute Gasteiger partial charge is 0.341 e. The Hall–Kier alpha value is -3.66. The molecule has 4 nitrogen and oxygen atoms in total. The molecular weight excluding hydrogens is 338 g/mol. The van der Waals surface area contributed by atoms with Crippen LogP contribution in [0.2, 0.25) is 0 Å². The van der Waals surface area contributed by atoms with E-state index in [1.54, 1.807) is 12.1 Å². The summed E-state index contributed by atoms with van der Waals surface area (Å²) >= 11 is 0. The van der Waals surface area contributed by atoms with Crippen LogP contribution in [-0.2, 0) is 9.53 Å². The number of ketones is 1. The highest BCUT2D eigenvalue weighted by molar-refractivity contribution is 6.27. The third kappa shape index (κ3) is 3.25. The Kier molecular flexibility index (Phi) is 4.30. The highest BCUT2D eigenvalue weighted by Crippen LogP contribution is 2.21. The van der Waals surface area contributed by atoms with Gasteiger partial charge in [-0.3, -0.25) is 4.79 Å². The third-order valence-corrected chi connectivity index (χ3v) is 4.51. The molecule has 0 saturated heterocycles. The summed E-state index contributed by atoms with van der Waals surface area (Å²) in [6.45, 7) is 0. The summed E-state index contributed by atoms with van der Waals surface area (Å²) in [5.74, 6) is -1.06. The molecule has 4 aromatic rings. The molecule has 0 aliphatic carbocycles. The first-order valence-electron chi connectivity index (χ1n) is 8.57. The Balaban J connectivity index is 1.78. The zero-order valence-corrected chi connectivity index (χ0v) is 14.7. The van der Waals surface area contributed by atoms with E-state index in [2.05, 4.69) is 4.98 Å². The fourth-order valence-corrected chi connectivity index (χ4v) is 3.13. The molecule has 0 unspecified atom stereocenters. The Morgan fingerprint density at radius 2 is 1.56 bits per heavy atom. The Bertz CT molecular complexity index is 1170. The Morgan fingerprint density at radius 1 is 0.852 bits per heavy atom. The topological polar surface area (TPSA) is 59.2 Å². The second-order valence-corrected chi connectivity index (χ2v) is 6.26. The minimum absolute atomic E-state index is 0.0145. The molecule has 1 N–H and O–H groups in total. The average molecular weight is 355 g/mol. The number of carbonyl (C=O) groups excluding carboxylic acids is 2. The second-order valence-electron chi connectivity index (χ2n) is 6.26. The Labute approximate surface area is 156 Å².